The molecule has 3 heteroatoms. The smallest absolute Gasteiger partial charge is 0.168 e. The zero-order chi connectivity index (χ0) is 15.4. The molecule has 1 N–H and O–H groups in total. The summed E-state index contributed by atoms with van der Waals surface area (Å²) in [7, 11) is 1.52. The van der Waals surface area contributed by atoms with Gasteiger partial charge in [0.1, 0.15) is 0 Å². The third-order valence-electron chi connectivity index (χ3n) is 5.87. The molecule has 0 radical (unpaired) electrons. The molecule has 114 valence electrons. The van der Waals surface area contributed by atoms with Crippen LogP contribution in [0.2, 0.25) is 0 Å². The van der Waals surface area contributed by atoms with Gasteiger partial charge in [0, 0.05) is 6.42 Å². The van der Waals surface area contributed by atoms with Gasteiger partial charge < -0.3 is 9.84 Å². The lowest BCUT2D eigenvalue weighted by Crippen LogP contribution is -2.49. The van der Waals surface area contributed by atoms with Crippen molar-refractivity contribution in [3.05, 3.63) is 23.3 Å². The summed E-state index contributed by atoms with van der Waals surface area (Å²) in [5, 5.41) is 10.4. The Labute approximate surface area is 126 Å². The number of fused-ring (bicyclic) bond motifs is 3. The predicted molar refractivity (Wildman–Crippen MR) is 82.1 cm³/mol. The highest BCUT2D eigenvalue weighted by molar-refractivity contribution is 6.02. The van der Waals surface area contributed by atoms with Crippen molar-refractivity contribution in [1.29, 1.82) is 0 Å². The Kier molecular flexibility index (Phi) is 3.09. The summed E-state index contributed by atoms with van der Waals surface area (Å²) in [6.07, 6.45) is 3.93. The van der Waals surface area contributed by atoms with Gasteiger partial charge in [0.2, 0.25) is 0 Å². The van der Waals surface area contributed by atoms with Gasteiger partial charge in [-0.25, -0.2) is 0 Å². The van der Waals surface area contributed by atoms with Crippen LogP contribution in [0.1, 0.15) is 62.4 Å². The standard InChI is InChI=1S/C18H24O3/c1-17(2)8-5-9-18(3)11-6-7-13(21-4)16(20)15(11)12(19)10-14(17)18/h6-7,14,20H,5,8-10H2,1-4H3/t14-,18+/m0/s1. The molecule has 2 atom stereocenters. The average Bonchev–Trinajstić information content (AvgIpc) is 2.41. The monoisotopic (exact) mass is 288 g/mol. The molecular formula is C18H24O3. The SMILES string of the molecule is COc1ccc2c(c1O)C(=O)C[C@H]1C(C)(C)CCC[C@]21C. The van der Waals surface area contributed by atoms with E-state index < -0.39 is 0 Å². The fourth-order valence-electron chi connectivity index (χ4n) is 4.73. The molecule has 0 unspecified atom stereocenters. The lowest BCUT2D eigenvalue weighted by atomic mass is 9.50. The van der Waals surface area contributed by atoms with Crippen molar-refractivity contribution in [3.8, 4) is 11.5 Å². The molecule has 0 spiro atoms. The van der Waals surface area contributed by atoms with Crippen molar-refractivity contribution in [2.24, 2.45) is 11.3 Å². The second kappa shape index (κ2) is 4.49. The number of Topliss-reactive ketones (excluding diaryl/α,β-unsaturated/α-hetero) is 1. The number of ketones is 1. The molecule has 1 aromatic carbocycles. The van der Waals surface area contributed by atoms with Crippen LogP contribution in [-0.4, -0.2) is 18.0 Å². The normalized spacial score (nSPS) is 30.5. The third-order valence-corrected chi connectivity index (χ3v) is 5.87. The Morgan fingerprint density at radius 1 is 1.24 bits per heavy atom. The second-order valence-corrected chi connectivity index (χ2v) is 7.48. The average molecular weight is 288 g/mol. The highest BCUT2D eigenvalue weighted by atomic mass is 16.5. The molecule has 1 aromatic rings. The van der Waals surface area contributed by atoms with Crippen LogP contribution in [0.4, 0.5) is 0 Å². The number of aromatic hydroxyl groups is 1. The Morgan fingerprint density at radius 2 is 1.95 bits per heavy atom. The van der Waals surface area contributed by atoms with Gasteiger partial charge in [-0.2, -0.15) is 0 Å². The van der Waals surface area contributed by atoms with Gasteiger partial charge in [-0.1, -0.05) is 33.3 Å². The maximum Gasteiger partial charge on any atom is 0.168 e. The van der Waals surface area contributed by atoms with Gasteiger partial charge >= 0.3 is 0 Å². The van der Waals surface area contributed by atoms with Crippen LogP contribution >= 0.6 is 0 Å². The minimum atomic E-state index is -0.0330. The van der Waals surface area contributed by atoms with Gasteiger partial charge in [-0.15, -0.1) is 0 Å². The number of hydrogen-bond acceptors (Lipinski definition) is 3. The van der Waals surface area contributed by atoms with E-state index in [4.69, 9.17) is 4.74 Å². The Hall–Kier alpha value is -1.51. The molecule has 3 nitrogen and oxygen atoms in total. The van der Waals surface area contributed by atoms with E-state index in [0.717, 1.165) is 18.4 Å². The number of ether oxygens (including phenoxy) is 1. The number of hydrogen-bond donors (Lipinski definition) is 1. The van der Waals surface area contributed by atoms with Gasteiger partial charge in [-0.3, -0.25) is 4.79 Å². The first-order valence-electron chi connectivity index (χ1n) is 7.75. The summed E-state index contributed by atoms with van der Waals surface area (Å²) >= 11 is 0. The number of carbonyl (C=O) groups is 1. The molecule has 2 aliphatic carbocycles. The van der Waals surface area contributed by atoms with Gasteiger partial charge in [-0.05, 0) is 41.2 Å². The highest BCUT2D eigenvalue weighted by Gasteiger charge is 2.52. The van der Waals surface area contributed by atoms with Crippen LogP contribution in [-0.2, 0) is 5.41 Å². The van der Waals surface area contributed by atoms with Crippen LogP contribution in [0, 0.1) is 11.3 Å². The zero-order valence-electron chi connectivity index (χ0n) is 13.3. The Balaban J connectivity index is 2.22. The fraction of sp³-hybridized carbons (Fsp3) is 0.611. The Morgan fingerprint density at radius 3 is 2.62 bits per heavy atom. The summed E-state index contributed by atoms with van der Waals surface area (Å²) in [5.41, 5.74) is 1.63. The van der Waals surface area contributed by atoms with Gasteiger partial charge in [0.05, 0.1) is 12.7 Å². The first-order valence-corrected chi connectivity index (χ1v) is 7.75. The molecule has 1 fully saturated rings. The molecule has 2 aliphatic rings. The van der Waals surface area contributed by atoms with E-state index in [1.165, 1.54) is 13.5 Å². The second-order valence-electron chi connectivity index (χ2n) is 7.48. The quantitative estimate of drug-likeness (QED) is 0.847. The summed E-state index contributed by atoms with van der Waals surface area (Å²) in [6.45, 7) is 6.81. The molecule has 3 rings (SSSR count). The van der Waals surface area contributed by atoms with Crippen LogP contribution in [0.3, 0.4) is 0 Å². The van der Waals surface area contributed by atoms with Gasteiger partial charge in [0.25, 0.3) is 0 Å². The molecule has 0 saturated heterocycles. The largest absolute Gasteiger partial charge is 0.504 e. The first kappa shape index (κ1) is 14.4. The maximum atomic E-state index is 12.6. The number of methoxy groups -OCH3 is 1. The molecule has 0 aromatic heterocycles. The van der Waals surface area contributed by atoms with E-state index in [2.05, 4.69) is 20.8 Å². The summed E-state index contributed by atoms with van der Waals surface area (Å²) in [6, 6.07) is 3.77. The van der Waals surface area contributed by atoms with Crippen molar-refractivity contribution in [2.75, 3.05) is 7.11 Å². The van der Waals surface area contributed by atoms with Crippen molar-refractivity contribution >= 4 is 5.78 Å². The minimum absolute atomic E-state index is 0.0167. The van der Waals surface area contributed by atoms with Crippen molar-refractivity contribution in [1.82, 2.24) is 0 Å². The summed E-state index contributed by atoms with van der Waals surface area (Å²) in [5.74, 6) is 0.799. The van der Waals surface area contributed by atoms with Crippen LogP contribution in [0.25, 0.3) is 0 Å². The summed E-state index contributed by atoms with van der Waals surface area (Å²) < 4.78 is 5.17. The first-order chi connectivity index (χ1) is 9.81. The highest BCUT2D eigenvalue weighted by Crippen LogP contribution is 2.58. The van der Waals surface area contributed by atoms with Gasteiger partial charge in [0.15, 0.2) is 17.3 Å². The Bertz CT molecular complexity index is 603. The molecule has 1 saturated carbocycles. The molecular weight excluding hydrogens is 264 g/mol. The lowest BCUT2D eigenvalue weighted by Gasteiger charge is -2.53. The van der Waals surface area contributed by atoms with Crippen LogP contribution in [0.15, 0.2) is 12.1 Å². The maximum absolute atomic E-state index is 12.6. The van der Waals surface area contributed by atoms with E-state index in [0.29, 0.717) is 23.7 Å². The molecule has 0 bridgehead atoms. The molecule has 0 amide bonds. The number of phenols is 1. The number of benzene rings is 1. The molecule has 0 aliphatic heterocycles. The van der Waals surface area contributed by atoms with E-state index in [1.54, 1.807) is 6.07 Å². The van der Waals surface area contributed by atoms with Crippen molar-refractivity contribution < 1.29 is 14.6 Å². The minimum Gasteiger partial charge on any atom is -0.504 e. The van der Waals surface area contributed by atoms with Crippen molar-refractivity contribution in [2.45, 2.75) is 51.9 Å². The fourth-order valence-corrected chi connectivity index (χ4v) is 4.73. The number of phenolic OH excluding ortho intramolecular Hbond substituents is 1. The van der Waals surface area contributed by atoms with Crippen molar-refractivity contribution in [3.63, 3.8) is 0 Å². The van der Waals surface area contributed by atoms with Crippen LogP contribution < -0.4 is 4.74 Å². The number of carbonyl (C=O) groups excluding carboxylic acids is 1. The van der Waals surface area contributed by atoms with E-state index in [9.17, 15) is 9.90 Å². The lowest BCUT2D eigenvalue weighted by molar-refractivity contribution is 0.0364. The molecule has 21 heavy (non-hydrogen) atoms. The van der Waals surface area contributed by atoms with E-state index >= 15 is 0 Å². The summed E-state index contributed by atoms with van der Waals surface area (Å²) in [4.78, 5) is 12.6. The molecule has 0 heterocycles. The predicted octanol–water partition coefficient (Wildman–Crippen LogP) is 4.07. The third kappa shape index (κ3) is 1.90. The van der Waals surface area contributed by atoms with E-state index in [1.807, 2.05) is 6.07 Å². The number of rotatable bonds is 1. The topological polar surface area (TPSA) is 46.5 Å². The van der Waals surface area contributed by atoms with E-state index in [-0.39, 0.29) is 22.4 Å². The van der Waals surface area contributed by atoms with Crippen LogP contribution in [0.5, 0.6) is 11.5 Å². The zero-order valence-corrected chi connectivity index (χ0v) is 13.3.